The third-order valence-electron chi connectivity index (χ3n) is 2.09. The average Bonchev–Trinajstić information content (AvgIpc) is 2.30. The minimum atomic E-state index is 0.141. The molecule has 0 aliphatic rings. The summed E-state index contributed by atoms with van der Waals surface area (Å²) in [5.74, 6) is 0.612. The molecule has 2 rings (SSSR count). The highest BCUT2D eigenvalue weighted by molar-refractivity contribution is 9.10. The third-order valence-corrected chi connectivity index (χ3v) is 2.87. The number of hydrogen-bond donors (Lipinski definition) is 1. The lowest BCUT2D eigenvalue weighted by atomic mass is 10.3. The highest BCUT2D eigenvalue weighted by Crippen LogP contribution is 2.26. The first kappa shape index (κ1) is 11.0. The van der Waals surface area contributed by atoms with E-state index in [9.17, 15) is 5.11 Å². The van der Waals surface area contributed by atoms with Crippen LogP contribution in [0.3, 0.4) is 0 Å². The van der Waals surface area contributed by atoms with Gasteiger partial charge in [-0.3, -0.25) is 4.98 Å². The summed E-state index contributed by atoms with van der Waals surface area (Å²) in [4.78, 5) is 4.01. The van der Waals surface area contributed by atoms with Crippen LogP contribution in [0.25, 0.3) is 0 Å². The molecule has 0 spiro atoms. The van der Waals surface area contributed by atoms with Gasteiger partial charge in [0, 0.05) is 22.4 Å². The first-order valence-corrected chi connectivity index (χ1v) is 5.56. The van der Waals surface area contributed by atoms with Crippen molar-refractivity contribution in [2.45, 2.75) is 6.61 Å². The molecule has 0 saturated heterocycles. The Morgan fingerprint density at radius 1 is 1.25 bits per heavy atom. The maximum atomic E-state index is 9.51. The predicted octanol–water partition coefficient (Wildman–Crippen LogP) is 3.13. The maximum Gasteiger partial charge on any atom is 0.161 e. The van der Waals surface area contributed by atoms with Crippen molar-refractivity contribution >= 4 is 15.9 Å². The van der Waals surface area contributed by atoms with E-state index in [1.807, 2.05) is 12.1 Å². The van der Waals surface area contributed by atoms with Crippen molar-refractivity contribution in [2.24, 2.45) is 0 Å². The number of phenols is 1. The Balaban J connectivity index is 2.09. The van der Waals surface area contributed by atoms with Crippen LogP contribution in [-0.4, -0.2) is 10.1 Å². The second-order valence-electron chi connectivity index (χ2n) is 3.22. The fourth-order valence-corrected chi connectivity index (χ4v) is 1.59. The first-order valence-electron chi connectivity index (χ1n) is 4.76. The van der Waals surface area contributed by atoms with Crippen molar-refractivity contribution in [3.8, 4) is 11.5 Å². The molecule has 16 heavy (non-hydrogen) atoms. The number of ether oxygens (including phenoxy) is 1. The van der Waals surface area contributed by atoms with Crippen LogP contribution in [0.1, 0.15) is 5.56 Å². The van der Waals surface area contributed by atoms with Crippen molar-refractivity contribution in [2.75, 3.05) is 0 Å². The summed E-state index contributed by atoms with van der Waals surface area (Å²) in [6.45, 7) is 0.367. The van der Waals surface area contributed by atoms with E-state index in [2.05, 4.69) is 20.9 Å². The van der Waals surface area contributed by atoms with E-state index >= 15 is 0 Å². The number of rotatable bonds is 3. The van der Waals surface area contributed by atoms with Crippen LogP contribution in [0.15, 0.2) is 47.2 Å². The van der Waals surface area contributed by atoms with Crippen molar-refractivity contribution in [3.05, 3.63) is 52.8 Å². The molecule has 0 atom stereocenters. The molecule has 3 nitrogen and oxygen atoms in total. The van der Waals surface area contributed by atoms with Gasteiger partial charge < -0.3 is 9.84 Å². The van der Waals surface area contributed by atoms with Gasteiger partial charge in [-0.05, 0) is 18.2 Å². The molecule has 1 aromatic heterocycles. The summed E-state index contributed by atoms with van der Waals surface area (Å²) < 4.78 is 6.43. The average molecular weight is 280 g/mol. The number of aromatic nitrogens is 1. The first-order chi connectivity index (χ1) is 7.77. The van der Waals surface area contributed by atoms with E-state index in [4.69, 9.17) is 4.74 Å². The van der Waals surface area contributed by atoms with Gasteiger partial charge in [0.25, 0.3) is 0 Å². The number of benzene rings is 1. The van der Waals surface area contributed by atoms with Gasteiger partial charge in [0.15, 0.2) is 11.5 Å². The van der Waals surface area contributed by atoms with E-state index in [0.717, 1.165) is 10.0 Å². The van der Waals surface area contributed by atoms with Crippen molar-refractivity contribution in [1.82, 2.24) is 4.98 Å². The SMILES string of the molecule is Oc1ccccc1OCc1cnccc1Br. The number of halogens is 1. The number of phenolic OH excluding ortho intramolecular Hbond substituents is 1. The minimum Gasteiger partial charge on any atom is -0.504 e. The molecule has 1 heterocycles. The molecule has 0 fully saturated rings. The lowest BCUT2D eigenvalue weighted by molar-refractivity contribution is 0.288. The molecule has 82 valence electrons. The highest BCUT2D eigenvalue weighted by atomic mass is 79.9. The molecule has 2 aromatic rings. The smallest absolute Gasteiger partial charge is 0.161 e. The van der Waals surface area contributed by atoms with E-state index in [0.29, 0.717) is 12.4 Å². The second kappa shape index (κ2) is 4.99. The van der Waals surface area contributed by atoms with Crippen LogP contribution >= 0.6 is 15.9 Å². The van der Waals surface area contributed by atoms with Gasteiger partial charge in [0.05, 0.1) is 0 Å². The second-order valence-corrected chi connectivity index (χ2v) is 4.08. The molecule has 1 N–H and O–H groups in total. The molecule has 0 bridgehead atoms. The Kier molecular flexibility index (Phi) is 3.41. The molecular formula is C12H10BrNO2. The fraction of sp³-hybridized carbons (Fsp3) is 0.0833. The Bertz CT molecular complexity index is 442. The summed E-state index contributed by atoms with van der Waals surface area (Å²) in [5.41, 5.74) is 0.936. The minimum absolute atomic E-state index is 0.141. The van der Waals surface area contributed by atoms with Gasteiger partial charge in [0.2, 0.25) is 0 Å². The van der Waals surface area contributed by atoms with E-state index in [-0.39, 0.29) is 5.75 Å². The summed E-state index contributed by atoms with van der Waals surface area (Å²) in [5, 5.41) is 9.51. The standard InChI is InChI=1S/C12H10BrNO2/c13-10-5-6-14-7-9(10)8-16-12-4-2-1-3-11(12)15/h1-7,15H,8H2. The van der Waals surface area contributed by atoms with Gasteiger partial charge >= 0.3 is 0 Å². The van der Waals surface area contributed by atoms with Crippen LogP contribution in [-0.2, 0) is 6.61 Å². The van der Waals surface area contributed by atoms with Crippen molar-refractivity contribution in [3.63, 3.8) is 0 Å². The lowest BCUT2D eigenvalue weighted by Crippen LogP contribution is -1.97. The van der Waals surface area contributed by atoms with Crippen LogP contribution < -0.4 is 4.74 Å². The summed E-state index contributed by atoms with van der Waals surface area (Å²) in [6.07, 6.45) is 3.43. The molecule has 0 unspecified atom stereocenters. The van der Waals surface area contributed by atoms with Crippen molar-refractivity contribution in [1.29, 1.82) is 0 Å². The number of nitrogens with zero attached hydrogens (tertiary/aromatic N) is 1. The summed E-state index contributed by atoms with van der Waals surface area (Å²) in [7, 11) is 0. The lowest BCUT2D eigenvalue weighted by Gasteiger charge is -2.08. The Hall–Kier alpha value is -1.55. The molecule has 0 amide bonds. The molecule has 0 aliphatic heterocycles. The number of aromatic hydroxyl groups is 1. The number of pyridine rings is 1. The summed E-state index contributed by atoms with van der Waals surface area (Å²) in [6, 6.07) is 8.73. The Morgan fingerprint density at radius 3 is 2.81 bits per heavy atom. The quantitative estimate of drug-likeness (QED) is 0.939. The van der Waals surface area contributed by atoms with Crippen LogP contribution in [0, 0.1) is 0 Å². The van der Waals surface area contributed by atoms with Crippen LogP contribution in [0.2, 0.25) is 0 Å². The zero-order valence-corrected chi connectivity index (χ0v) is 10.0. The third kappa shape index (κ3) is 2.52. The van der Waals surface area contributed by atoms with Crippen molar-refractivity contribution < 1.29 is 9.84 Å². The molecule has 0 saturated carbocycles. The Labute approximate surface area is 102 Å². The monoisotopic (exact) mass is 279 g/mol. The van der Waals surface area contributed by atoms with Crippen LogP contribution in [0.4, 0.5) is 0 Å². The highest BCUT2D eigenvalue weighted by Gasteiger charge is 2.03. The zero-order chi connectivity index (χ0) is 11.4. The number of para-hydroxylation sites is 2. The topological polar surface area (TPSA) is 42.4 Å². The summed E-state index contributed by atoms with van der Waals surface area (Å²) >= 11 is 3.41. The number of hydrogen-bond acceptors (Lipinski definition) is 3. The fourth-order valence-electron chi connectivity index (χ4n) is 1.25. The van der Waals surface area contributed by atoms with E-state index in [1.165, 1.54) is 0 Å². The van der Waals surface area contributed by atoms with Gasteiger partial charge in [-0.2, -0.15) is 0 Å². The van der Waals surface area contributed by atoms with E-state index in [1.54, 1.807) is 30.6 Å². The van der Waals surface area contributed by atoms with Gasteiger partial charge in [-0.25, -0.2) is 0 Å². The molecular weight excluding hydrogens is 270 g/mol. The van der Waals surface area contributed by atoms with E-state index < -0.39 is 0 Å². The largest absolute Gasteiger partial charge is 0.504 e. The molecule has 1 aromatic carbocycles. The van der Waals surface area contributed by atoms with Gasteiger partial charge in [-0.15, -0.1) is 0 Å². The Morgan fingerprint density at radius 2 is 2.06 bits per heavy atom. The zero-order valence-electron chi connectivity index (χ0n) is 8.43. The van der Waals surface area contributed by atoms with Crippen LogP contribution in [0.5, 0.6) is 11.5 Å². The molecule has 4 heteroatoms. The predicted molar refractivity (Wildman–Crippen MR) is 64.4 cm³/mol. The molecule has 0 radical (unpaired) electrons. The normalized spacial score (nSPS) is 10.1. The maximum absolute atomic E-state index is 9.51. The van der Waals surface area contributed by atoms with Gasteiger partial charge in [0.1, 0.15) is 6.61 Å². The molecule has 0 aliphatic carbocycles. The van der Waals surface area contributed by atoms with Gasteiger partial charge in [-0.1, -0.05) is 28.1 Å².